The SMILES string of the molecule is O=[C]c1ccc2nnccc2c1. The average Bonchev–Trinajstić information content (AvgIpc) is 2.17. The number of nitrogens with zero attached hydrogens (tertiary/aromatic N) is 2. The second-order valence-electron chi connectivity index (χ2n) is 2.41. The largest absolute Gasteiger partial charge is 0.285 e. The predicted octanol–water partition coefficient (Wildman–Crippen LogP) is 1.09. The number of rotatable bonds is 1. The molecule has 0 amide bonds. The third-order valence-electron chi connectivity index (χ3n) is 1.63. The van der Waals surface area contributed by atoms with E-state index in [0.717, 1.165) is 10.9 Å². The Kier molecular flexibility index (Phi) is 1.55. The van der Waals surface area contributed by atoms with Crippen molar-refractivity contribution in [2.45, 2.75) is 0 Å². The van der Waals surface area contributed by atoms with Crippen molar-refractivity contribution in [1.82, 2.24) is 10.2 Å². The van der Waals surface area contributed by atoms with Crippen LogP contribution in [0.1, 0.15) is 5.56 Å². The Balaban J connectivity index is 2.75. The van der Waals surface area contributed by atoms with Crippen molar-refractivity contribution < 1.29 is 4.79 Å². The number of fused-ring (bicyclic) bond motifs is 1. The second-order valence-corrected chi connectivity index (χ2v) is 2.41. The quantitative estimate of drug-likeness (QED) is 0.622. The first kappa shape index (κ1) is 6.91. The van der Waals surface area contributed by atoms with Crippen LogP contribution in [-0.4, -0.2) is 16.5 Å². The van der Waals surface area contributed by atoms with Gasteiger partial charge in [0, 0.05) is 10.9 Å². The summed E-state index contributed by atoms with van der Waals surface area (Å²) in [5, 5.41) is 8.50. The lowest BCUT2D eigenvalue weighted by atomic mass is 10.1. The number of aromatic nitrogens is 2. The normalized spacial score (nSPS) is 10.0. The van der Waals surface area contributed by atoms with Crippen LogP contribution in [-0.2, 0) is 4.79 Å². The van der Waals surface area contributed by atoms with Gasteiger partial charge in [0.15, 0.2) is 0 Å². The molecule has 1 radical (unpaired) electrons. The maximum Gasteiger partial charge on any atom is 0.233 e. The van der Waals surface area contributed by atoms with Gasteiger partial charge in [0.2, 0.25) is 6.29 Å². The number of hydrogen-bond donors (Lipinski definition) is 0. The van der Waals surface area contributed by atoms with Gasteiger partial charge in [-0.1, -0.05) is 0 Å². The zero-order chi connectivity index (χ0) is 8.39. The average molecular weight is 157 g/mol. The van der Waals surface area contributed by atoms with Gasteiger partial charge in [-0.05, 0) is 24.3 Å². The van der Waals surface area contributed by atoms with E-state index in [9.17, 15) is 4.79 Å². The van der Waals surface area contributed by atoms with E-state index in [2.05, 4.69) is 10.2 Å². The van der Waals surface area contributed by atoms with Crippen LogP contribution in [0.25, 0.3) is 10.9 Å². The van der Waals surface area contributed by atoms with E-state index in [1.165, 1.54) is 0 Å². The van der Waals surface area contributed by atoms with Gasteiger partial charge < -0.3 is 0 Å². The van der Waals surface area contributed by atoms with Crippen molar-refractivity contribution in [2.75, 3.05) is 0 Å². The molecule has 0 N–H and O–H groups in total. The minimum Gasteiger partial charge on any atom is -0.285 e. The smallest absolute Gasteiger partial charge is 0.233 e. The zero-order valence-electron chi connectivity index (χ0n) is 6.19. The van der Waals surface area contributed by atoms with Crippen molar-refractivity contribution >= 4 is 17.2 Å². The molecular weight excluding hydrogens is 152 g/mol. The third kappa shape index (κ3) is 1.05. The summed E-state index contributed by atoms with van der Waals surface area (Å²) < 4.78 is 0. The Morgan fingerprint density at radius 3 is 3.00 bits per heavy atom. The van der Waals surface area contributed by atoms with Gasteiger partial charge in [-0.3, -0.25) is 4.79 Å². The number of benzene rings is 1. The highest BCUT2D eigenvalue weighted by molar-refractivity contribution is 5.86. The fourth-order valence-corrected chi connectivity index (χ4v) is 1.05. The van der Waals surface area contributed by atoms with Gasteiger partial charge in [-0.25, -0.2) is 0 Å². The minimum absolute atomic E-state index is 0.538. The highest BCUT2D eigenvalue weighted by Crippen LogP contribution is 2.10. The van der Waals surface area contributed by atoms with Gasteiger partial charge in [-0.2, -0.15) is 10.2 Å². The highest BCUT2D eigenvalue weighted by atomic mass is 16.1. The molecule has 57 valence electrons. The first-order valence-corrected chi connectivity index (χ1v) is 3.50. The first-order valence-electron chi connectivity index (χ1n) is 3.50. The molecule has 1 aromatic carbocycles. The molecule has 2 rings (SSSR count). The van der Waals surface area contributed by atoms with E-state index < -0.39 is 0 Å². The molecule has 0 atom stereocenters. The van der Waals surface area contributed by atoms with Crippen molar-refractivity contribution in [1.29, 1.82) is 0 Å². The van der Waals surface area contributed by atoms with Crippen LogP contribution >= 0.6 is 0 Å². The van der Waals surface area contributed by atoms with Gasteiger partial charge in [0.1, 0.15) is 0 Å². The molecule has 12 heavy (non-hydrogen) atoms. The molecule has 0 aliphatic heterocycles. The monoisotopic (exact) mass is 157 g/mol. The standard InChI is InChI=1S/C9H5N2O/c12-6-7-1-2-9-8(5-7)3-4-10-11-9/h1-5H. The van der Waals surface area contributed by atoms with Gasteiger partial charge >= 0.3 is 0 Å². The lowest BCUT2D eigenvalue weighted by molar-refractivity contribution is 0.563. The summed E-state index contributed by atoms with van der Waals surface area (Å²) in [6, 6.07) is 6.97. The molecule has 3 heteroatoms. The van der Waals surface area contributed by atoms with Crippen molar-refractivity contribution in [3.05, 3.63) is 36.0 Å². The van der Waals surface area contributed by atoms with Gasteiger partial charge in [-0.15, -0.1) is 0 Å². The summed E-state index contributed by atoms with van der Waals surface area (Å²) in [6.45, 7) is 0. The molecule has 0 saturated heterocycles. The Hall–Kier alpha value is -1.77. The third-order valence-corrected chi connectivity index (χ3v) is 1.63. The summed E-state index contributed by atoms with van der Waals surface area (Å²) >= 11 is 0. The maximum absolute atomic E-state index is 10.3. The summed E-state index contributed by atoms with van der Waals surface area (Å²) in [6.07, 6.45) is 3.42. The van der Waals surface area contributed by atoms with E-state index in [4.69, 9.17) is 0 Å². The molecule has 1 aromatic heterocycles. The lowest BCUT2D eigenvalue weighted by Gasteiger charge is -1.93. The molecule has 0 aliphatic rings. The van der Waals surface area contributed by atoms with Crippen LogP contribution in [0.15, 0.2) is 30.5 Å². The van der Waals surface area contributed by atoms with Crippen LogP contribution in [0.5, 0.6) is 0 Å². The number of hydrogen-bond acceptors (Lipinski definition) is 3. The Morgan fingerprint density at radius 1 is 1.25 bits per heavy atom. The zero-order valence-corrected chi connectivity index (χ0v) is 6.19. The molecule has 1 heterocycles. The van der Waals surface area contributed by atoms with Gasteiger partial charge in [0.05, 0.1) is 11.7 Å². The van der Waals surface area contributed by atoms with E-state index in [1.54, 1.807) is 24.4 Å². The van der Waals surface area contributed by atoms with Crippen LogP contribution in [0.2, 0.25) is 0 Å². The Bertz CT molecular complexity index is 426. The van der Waals surface area contributed by atoms with Crippen molar-refractivity contribution in [3.8, 4) is 0 Å². The van der Waals surface area contributed by atoms with E-state index >= 15 is 0 Å². The molecule has 0 aliphatic carbocycles. The van der Waals surface area contributed by atoms with Crippen LogP contribution in [0.4, 0.5) is 0 Å². The summed E-state index contributed by atoms with van der Waals surface area (Å²) in [5.74, 6) is 0. The molecule has 0 bridgehead atoms. The summed E-state index contributed by atoms with van der Waals surface area (Å²) in [4.78, 5) is 10.3. The molecular formula is C9H5N2O. The molecule has 0 saturated carbocycles. The van der Waals surface area contributed by atoms with Crippen LogP contribution in [0.3, 0.4) is 0 Å². The fourth-order valence-electron chi connectivity index (χ4n) is 1.05. The molecule has 0 unspecified atom stereocenters. The minimum atomic E-state index is 0.538. The first-order chi connectivity index (χ1) is 5.90. The Morgan fingerprint density at radius 2 is 2.17 bits per heavy atom. The Labute approximate surface area is 69.0 Å². The highest BCUT2D eigenvalue weighted by Gasteiger charge is 1.95. The topological polar surface area (TPSA) is 42.9 Å². The van der Waals surface area contributed by atoms with Crippen molar-refractivity contribution in [2.24, 2.45) is 0 Å². The van der Waals surface area contributed by atoms with E-state index in [0.29, 0.717) is 5.56 Å². The molecule has 3 nitrogen and oxygen atoms in total. The van der Waals surface area contributed by atoms with Gasteiger partial charge in [0.25, 0.3) is 0 Å². The fraction of sp³-hybridized carbons (Fsp3) is 0. The van der Waals surface area contributed by atoms with Crippen molar-refractivity contribution in [3.63, 3.8) is 0 Å². The van der Waals surface area contributed by atoms with E-state index in [-0.39, 0.29) is 0 Å². The second kappa shape index (κ2) is 2.70. The maximum atomic E-state index is 10.3. The van der Waals surface area contributed by atoms with E-state index in [1.807, 2.05) is 12.4 Å². The molecule has 0 fully saturated rings. The number of carbonyl (C=O) groups excluding carboxylic acids is 1. The lowest BCUT2D eigenvalue weighted by Crippen LogP contribution is -1.84. The summed E-state index contributed by atoms with van der Waals surface area (Å²) in [7, 11) is 0. The van der Waals surface area contributed by atoms with Crippen LogP contribution in [0, 0.1) is 0 Å². The molecule has 2 aromatic rings. The molecule has 0 spiro atoms. The predicted molar refractivity (Wildman–Crippen MR) is 44.3 cm³/mol. The summed E-state index contributed by atoms with van der Waals surface area (Å²) in [5.41, 5.74) is 1.33. The van der Waals surface area contributed by atoms with Crippen LogP contribution < -0.4 is 0 Å².